The Balaban J connectivity index is 2.62. The first-order valence-corrected chi connectivity index (χ1v) is 7.19. The van der Waals surface area contributed by atoms with Crippen molar-refractivity contribution in [2.45, 2.75) is 52.1 Å². The van der Waals surface area contributed by atoms with E-state index < -0.39 is 0 Å². The average molecular weight is 291 g/mol. The normalized spacial score (nSPS) is 12.6. The fourth-order valence-corrected chi connectivity index (χ4v) is 1.71. The topological polar surface area (TPSA) is 84.2 Å². The van der Waals surface area contributed by atoms with Gasteiger partial charge in [-0.15, -0.1) is 0 Å². The molecule has 0 fully saturated rings. The van der Waals surface area contributed by atoms with Crippen LogP contribution in [-0.2, 0) is 4.79 Å². The molecule has 116 valence electrons. The van der Waals surface area contributed by atoms with Crippen LogP contribution in [-0.4, -0.2) is 23.4 Å². The van der Waals surface area contributed by atoms with E-state index in [1.807, 2.05) is 27.7 Å². The number of benzene rings is 1. The van der Waals surface area contributed by atoms with Crippen LogP contribution in [0.4, 0.5) is 5.69 Å². The minimum Gasteiger partial charge on any atom is -0.347 e. The van der Waals surface area contributed by atoms with Gasteiger partial charge in [-0.3, -0.25) is 9.59 Å². The number of nitrogens with one attached hydrogen (secondary N) is 2. The van der Waals surface area contributed by atoms with Crippen LogP contribution in [0.15, 0.2) is 24.3 Å². The number of hydrogen-bond acceptors (Lipinski definition) is 3. The number of carbonyl (C=O) groups excluding carboxylic acids is 2. The number of carbonyl (C=O) groups is 2. The lowest BCUT2D eigenvalue weighted by Gasteiger charge is -2.20. The third kappa shape index (κ3) is 6.40. The predicted octanol–water partition coefficient (Wildman–Crippen LogP) is 2.28. The zero-order valence-electron chi connectivity index (χ0n) is 13.2. The molecule has 1 unspecified atom stereocenters. The molecule has 4 N–H and O–H groups in total. The van der Waals surface area contributed by atoms with Gasteiger partial charge in [0.05, 0.1) is 0 Å². The van der Waals surface area contributed by atoms with Crippen LogP contribution < -0.4 is 16.4 Å². The zero-order chi connectivity index (χ0) is 16.0. The molecule has 1 atom stereocenters. The quantitative estimate of drug-likeness (QED) is 0.778. The number of hydrogen-bond donors (Lipinski definition) is 3. The summed E-state index contributed by atoms with van der Waals surface area (Å²) in [5, 5.41) is 5.66. The Kier molecular flexibility index (Phi) is 5.90. The SMILES string of the molecule is CCC(N)CC(=O)Nc1ccc(C(=O)NC(C)(C)C)cc1. The van der Waals surface area contributed by atoms with E-state index in [9.17, 15) is 9.59 Å². The van der Waals surface area contributed by atoms with Gasteiger partial charge in [-0.05, 0) is 51.5 Å². The smallest absolute Gasteiger partial charge is 0.251 e. The Labute approximate surface area is 126 Å². The summed E-state index contributed by atoms with van der Waals surface area (Å²) in [6.45, 7) is 7.73. The van der Waals surface area contributed by atoms with E-state index in [2.05, 4.69) is 10.6 Å². The third-order valence-electron chi connectivity index (χ3n) is 2.89. The van der Waals surface area contributed by atoms with Crippen molar-refractivity contribution in [1.29, 1.82) is 0 Å². The van der Waals surface area contributed by atoms with Crippen LogP contribution in [0.3, 0.4) is 0 Å². The lowest BCUT2D eigenvalue weighted by molar-refractivity contribution is -0.116. The van der Waals surface area contributed by atoms with Gasteiger partial charge in [-0.1, -0.05) is 6.92 Å². The summed E-state index contributed by atoms with van der Waals surface area (Å²) in [6, 6.07) is 6.69. The maximum Gasteiger partial charge on any atom is 0.251 e. The minimum atomic E-state index is -0.278. The van der Waals surface area contributed by atoms with Gasteiger partial charge < -0.3 is 16.4 Å². The van der Waals surface area contributed by atoms with Crippen molar-refractivity contribution in [3.8, 4) is 0 Å². The molecular weight excluding hydrogens is 266 g/mol. The van der Waals surface area contributed by atoms with E-state index in [0.29, 0.717) is 17.7 Å². The molecule has 21 heavy (non-hydrogen) atoms. The number of nitrogens with two attached hydrogens (primary N) is 1. The van der Waals surface area contributed by atoms with Crippen molar-refractivity contribution in [1.82, 2.24) is 5.32 Å². The highest BCUT2D eigenvalue weighted by Crippen LogP contribution is 2.11. The van der Waals surface area contributed by atoms with Crippen LogP contribution in [0.2, 0.25) is 0 Å². The van der Waals surface area contributed by atoms with Crippen molar-refractivity contribution in [2.75, 3.05) is 5.32 Å². The fourth-order valence-electron chi connectivity index (χ4n) is 1.71. The van der Waals surface area contributed by atoms with E-state index in [4.69, 9.17) is 5.73 Å². The summed E-state index contributed by atoms with van der Waals surface area (Å²) < 4.78 is 0. The lowest BCUT2D eigenvalue weighted by Crippen LogP contribution is -2.40. The molecule has 0 aromatic heterocycles. The highest BCUT2D eigenvalue weighted by Gasteiger charge is 2.15. The van der Waals surface area contributed by atoms with Crippen molar-refractivity contribution >= 4 is 17.5 Å². The van der Waals surface area contributed by atoms with Crippen molar-refractivity contribution in [3.05, 3.63) is 29.8 Å². The molecule has 0 radical (unpaired) electrons. The van der Waals surface area contributed by atoms with E-state index in [-0.39, 0.29) is 23.4 Å². The van der Waals surface area contributed by atoms with Crippen LogP contribution in [0.5, 0.6) is 0 Å². The second-order valence-corrected chi connectivity index (χ2v) is 6.20. The van der Waals surface area contributed by atoms with E-state index in [1.165, 1.54) is 0 Å². The summed E-state index contributed by atoms with van der Waals surface area (Å²) in [6.07, 6.45) is 1.06. The summed E-state index contributed by atoms with van der Waals surface area (Å²) in [7, 11) is 0. The molecule has 0 saturated heterocycles. The largest absolute Gasteiger partial charge is 0.347 e. The molecule has 0 saturated carbocycles. The predicted molar refractivity (Wildman–Crippen MR) is 85.2 cm³/mol. The molecule has 1 aromatic rings. The van der Waals surface area contributed by atoms with Crippen molar-refractivity contribution in [2.24, 2.45) is 5.73 Å². The summed E-state index contributed by atoms with van der Waals surface area (Å²) in [4.78, 5) is 23.7. The van der Waals surface area contributed by atoms with Gasteiger partial charge in [0, 0.05) is 29.3 Å². The molecule has 5 nitrogen and oxygen atoms in total. The van der Waals surface area contributed by atoms with Gasteiger partial charge in [0.15, 0.2) is 0 Å². The lowest BCUT2D eigenvalue weighted by atomic mass is 10.1. The first-order chi connectivity index (χ1) is 9.71. The molecule has 1 aromatic carbocycles. The summed E-state index contributed by atoms with van der Waals surface area (Å²) >= 11 is 0. The molecule has 1 rings (SSSR count). The molecule has 0 bridgehead atoms. The summed E-state index contributed by atoms with van der Waals surface area (Å²) in [5.74, 6) is -0.246. The molecule has 0 aliphatic rings. The molecule has 0 heterocycles. The van der Waals surface area contributed by atoms with Crippen molar-refractivity contribution in [3.63, 3.8) is 0 Å². The molecular formula is C16H25N3O2. The number of rotatable bonds is 5. The molecule has 0 spiro atoms. The zero-order valence-corrected chi connectivity index (χ0v) is 13.2. The molecule has 0 aliphatic carbocycles. The molecule has 2 amide bonds. The van der Waals surface area contributed by atoms with Gasteiger partial charge in [0.2, 0.25) is 5.91 Å². The molecule has 5 heteroatoms. The fraction of sp³-hybridized carbons (Fsp3) is 0.500. The first-order valence-electron chi connectivity index (χ1n) is 7.19. The van der Waals surface area contributed by atoms with Gasteiger partial charge in [-0.2, -0.15) is 0 Å². The van der Waals surface area contributed by atoms with Gasteiger partial charge in [-0.25, -0.2) is 0 Å². The van der Waals surface area contributed by atoms with Crippen molar-refractivity contribution < 1.29 is 9.59 Å². The standard InChI is InChI=1S/C16H25N3O2/c1-5-12(17)10-14(20)18-13-8-6-11(7-9-13)15(21)19-16(2,3)4/h6-9,12H,5,10,17H2,1-4H3,(H,18,20)(H,19,21). The molecule has 0 aliphatic heterocycles. The highest BCUT2D eigenvalue weighted by molar-refractivity contribution is 5.96. The Morgan fingerprint density at radius 1 is 1.19 bits per heavy atom. The maximum atomic E-state index is 12.0. The third-order valence-corrected chi connectivity index (χ3v) is 2.89. The van der Waals surface area contributed by atoms with Gasteiger partial charge in [0.25, 0.3) is 5.91 Å². The minimum absolute atomic E-state index is 0.115. The second-order valence-electron chi connectivity index (χ2n) is 6.20. The van der Waals surface area contributed by atoms with E-state index in [1.54, 1.807) is 24.3 Å². The Hall–Kier alpha value is -1.88. The monoisotopic (exact) mass is 291 g/mol. The van der Waals surface area contributed by atoms with Crippen LogP contribution in [0.1, 0.15) is 50.9 Å². The van der Waals surface area contributed by atoms with E-state index >= 15 is 0 Å². The average Bonchev–Trinajstić information content (AvgIpc) is 2.37. The van der Waals surface area contributed by atoms with E-state index in [0.717, 1.165) is 6.42 Å². The summed E-state index contributed by atoms with van der Waals surface area (Å²) in [5.41, 5.74) is 6.68. The number of anilines is 1. The van der Waals surface area contributed by atoms with Crippen LogP contribution in [0.25, 0.3) is 0 Å². The van der Waals surface area contributed by atoms with Crippen LogP contribution >= 0.6 is 0 Å². The van der Waals surface area contributed by atoms with Crippen LogP contribution in [0, 0.1) is 0 Å². The van der Waals surface area contributed by atoms with Gasteiger partial charge >= 0.3 is 0 Å². The Morgan fingerprint density at radius 2 is 1.76 bits per heavy atom. The Morgan fingerprint density at radius 3 is 2.24 bits per heavy atom. The number of amides is 2. The Bertz CT molecular complexity index is 489. The first kappa shape index (κ1) is 17.2. The highest BCUT2D eigenvalue weighted by atomic mass is 16.2. The van der Waals surface area contributed by atoms with Gasteiger partial charge in [0.1, 0.15) is 0 Å². The second kappa shape index (κ2) is 7.22. The maximum absolute atomic E-state index is 12.0.